The molecule has 1 aromatic carbocycles. The van der Waals surface area contributed by atoms with Crippen molar-refractivity contribution in [2.75, 3.05) is 0 Å². The Morgan fingerprint density at radius 2 is 1.28 bits per heavy atom. The monoisotopic (exact) mass is 248 g/mol. The lowest BCUT2D eigenvalue weighted by atomic mass is 9.78. The molecule has 0 spiro atoms. The largest absolute Gasteiger partial charge is 0.475 e. The van der Waals surface area contributed by atoms with E-state index in [-0.39, 0.29) is 5.41 Å². The fourth-order valence-corrected chi connectivity index (χ4v) is 1.79. The molecule has 1 aromatic rings. The molecule has 0 atom stereocenters. The zero-order valence-corrected chi connectivity index (χ0v) is 11.6. The predicted molar refractivity (Wildman–Crippen MR) is 70.8 cm³/mol. The molecule has 0 heterocycles. The summed E-state index contributed by atoms with van der Waals surface area (Å²) in [6, 6.07) is 7.57. The molecule has 0 fully saturated rings. The van der Waals surface area contributed by atoms with Crippen LogP contribution in [0.5, 0.6) is 0 Å². The Balaban J connectivity index is 3.13. The second-order valence-electron chi connectivity index (χ2n) is 6.09. The van der Waals surface area contributed by atoms with Crippen LogP contribution in [0.15, 0.2) is 24.3 Å². The smallest absolute Gasteiger partial charge is 0.373 e. The van der Waals surface area contributed by atoms with Crippen LogP contribution in [0.2, 0.25) is 0 Å². The second-order valence-corrected chi connectivity index (χ2v) is 6.09. The van der Waals surface area contributed by atoms with E-state index in [4.69, 9.17) is 5.11 Å². The molecular formula is C15H20O3. The van der Waals surface area contributed by atoms with Crippen molar-refractivity contribution in [1.29, 1.82) is 0 Å². The summed E-state index contributed by atoms with van der Waals surface area (Å²) in [7, 11) is 0. The highest BCUT2D eigenvalue weighted by molar-refractivity contribution is 6.36. The summed E-state index contributed by atoms with van der Waals surface area (Å²) in [5.41, 5.74) is 0.926. The fraction of sp³-hybridized carbons (Fsp3) is 0.467. The van der Waals surface area contributed by atoms with Gasteiger partial charge >= 0.3 is 5.97 Å². The number of carboxylic acids is 1. The van der Waals surface area contributed by atoms with Crippen LogP contribution >= 0.6 is 0 Å². The number of benzene rings is 1. The van der Waals surface area contributed by atoms with E-state index in [1.165, 1.54) is 0 Å². The Bertz CT molecular complexity index is 462. The molecule has 0 unspecified atom stereocenters. The van der Waals surface area contributed by atoms with Crippen LogP contribution in [0, 0.1) is 0 Å². The van der Waals surface area contributed by atoms with Gasteiger partial charge in [-0.1, -0.05) is 45.0 Å². The minimum atomic E-state index is -1.39. The minimum Gasteiger partial charge on any atom is -0.475 e. The van der Waals surface area contributed by atoms with Gasteiger partial charge in [-0.05, 0) is 30.4 Å². The van der Waals surface area contributed by atoms with Crippen LogP contribution in [0.4, 0.5) is 0 Å². The molecule has 0 bridgehead atoms. The topological polar surface area (TPSA) is 54.4 Å². The number of rotatable bonds is 3. The van der Waals surface area contributed by atoms with Crippen molar-refractivity contribution in [2.45, 2.75) is 45.4 Å². The Hall–Kier alpha value is -1.64. The highest BCUT2D eigenvalue weighted by Gasteiger charge is 2.34. The summed E-state index contributed by atoms with van der Waals surface area (Å²) < 4.78 is 0. The fourth-order valence-electron chi connectivity index (χ4n) is 1.79. The molecule has 98 valence electrons. The SMILES string of the molecule is CC(C)(C)c1ccc(C(C)(C)C(=O)C(=O)O)cc1. The number of carboxylic acid groups (broad SMARTS) is 1. The van der Waals surface area contributed by atoms with Crippen LogP contribution in [0.3, 0.4) is 0 Å². The van der Waals surface area contributed by atoms with Crippen LogP contribution in [-0.4, -0.2) is 16.9 Å². The van der Waals surface area contributed by atoms with E-state index in [2.05, 4.69) is 20.8 Å². The normalized spacial score (nSPS) is 12.3. The van der Waals surface area contributed by atoms with Crippen molar-refractivity contribution >= 4 is 11.8 Å². The molecule has 0 aliphatic carbocycles. The van der Waals surface area contributed by atoms with Crippen molar-refractivity contribution in [3.63, 3.8) is 0 Å². The van der Waals surface area contributed by atoms with Gasteiger partial charge in [0.05, 0.1) is 5.41 Å². The van der Waals surface area contributed by atoms with Gasteiger partial charge in [-0.2, -0.15) is 0 Å². The predicted octanol–water partition coefficient (Wildman–Crippen LogP) is 2.92. The summed E-state index contributed by atoms with van der Waals surface area (Å²) in [4.78, 5) is 22.4. The lowest BCUT2D eigenvalue weighted by Gasteiger charge is -2.24. The van der Waals surface area contributed by atoms with Crippen molar-refractivity contribution in [3.05, 3.63) is 35.4 Å². The van der Waals surface area contributed by atoms with Gasteiger partial charge in [-0.3, -0.25) is 4.79 Å². The maximum atomic E-state index is 11.6. The molecule has 3 heteroatoms. The molecule has 0 aromatic heterocycles. The molecule has 3 nitrogen and oxygen atoms in total. The third-order valence-corrected chi connectivity index (χ3v) is 3.23. The van der Waals surface area contributed by atoms with E-state index in [0.29, 0.717) is 0 Å². The Morgan fingerprint density at radius 1 is 0.889 bits per heavy atom. The van der Waals surface area contributed by atoms with Gasteiger partial charge in [0.1, 0.15) is 0 Å². The summed E-state index contributed by atoms with van der Waals surface area (Å²) >= 11 is 0. The number of Topliss-reactive ketones (excluding diaryl/α,β-unsaturated/α-hetero) is 1. The van der Waals surface area contributed by atoms with Gasteiger partial charge in [-0.25, -0.2) is 4.79 Å². The molecule has 0 saturated carbocycles. The first-order chi connectivity index (χ1) is 8.06. The van der Waals surface area contributed by atoms with Crippen LogP contribution < -0.4 is 0 Å². The number of hydrogen-bond acceptors (Lipinski definition) is 2. The average molecular weight is 248 g/mol. The van der Waals surface area contributed by atoms with Crippen molar-refractivity contribution < 1.29 is 14.7 Å². The zero-order chi connectivity index (χ0) is 14.1. The van der Waals surface area contributed by atoms with Crippen molar-refractivity contribution in [3.8, 4) is 0 Å². The van der Waals surface area contributed by atoms with E-state index < -0.39 is 17.2 Å². The summed E-state index contributed by atoms with van der Waals surface area (Å²) in [6.07, 6.45) is 0. The molecule has 0 amide bonds. The summed E-state index contributed by atoms with van der Waals surface area (Å²) in [5, 5.41) is 8.81. The van der Waals surface area contributed by atoms with Crippen LogP contribution in [0.1, 0.15) is 45.7 Å². The van der Waals surface area contributed by atoms with Crippen molar-refractivity contribution in [1.82, 2.24) is 0 Å². The van der Waals surface area contributed by atoms with Crippen molar-refractivity contribution in [2.24, 2.45) is 0 Å². The molecule has 0 aliphatic rings. The first kappa shape index (κ1) is 14.4. The molecule has 1 rings (SSSR count). The molecule has 0 aliphatic heterocycles. The van der Waals surface area contributed by atoms with E-state index in [1.54, 1.807) is 13.8 Å². The van der Waals surface area contributed by atoms with Gasteiger partial charge in [0.15, 0.2) is 0 Å². The molecule has 18 heavy (non-hydrogen) atoms. The van der Waals surface area contributed by atoms with Gasteiger partial charge in [-0.15, -0.1) is 0 Å². The summed E-state index contributed by atoms with van der Waals surface area (Å²) in [5.74, 6) is -2.18. The number of hydrogen-bond donors (Lipinski definition) is 1. The number of aliphatic carboxylic acids is 1. The van der Waals surface area contributed by atoms with E-state index in [0.717, 1.165) is 11.1 Å². The lowest BCUT2D eigenvalue weighted by molar-refractivity contribution is -0.151. The van der Waals surface area contributed by atoms with E-state index in [1.807, 2.05) is 24.3 Å². The van der Waals surface area contributed by atoms with E-state index >= 15 is 0 Å². The van der Waals surface area contributed by atoms with Crippen LogP contribution in [-0.2, 0) is 20.4 Å². The quantitative estimate of drug-likeness (QED) is 0.837. The number of carbonyl (C=O) groups is 2. The third kappa shape index (κ3) is 2.78. The van der Waals surface area contributed by atoms with Gasteiger partial charge < -0.3 is 5.11 Å². The van der Waals surface area contributed by atoms with Gasteiger partial charge in [0, 0.05) is 0 Å². The molecule has 0 radical (unpaired) electrons. The lowest BCUT2D eigenvalue weighted by Crippen LogP contribution is -2.35. The number of carbonyl (C=O) groups excluding carboxylic acids is 1. The zero-order valence-electron chi connectivity index (χ0n) is 11.6. The highest BCUT2D eigenvalue weighted by atomic mass is 16.4. The first-order valence-corrected chi connectivity index (χ1v) is 5.95. The Labute approximate surface area is 108 Å². The highest BCUT2D eigenvalue weighted by Crippen LogP contribution is 2.28. The molecular weight excluding hydrogens is 228 g/mol. The van der Waals surface area contributed by atoms with Crippen LogP contribution in [0.25, 0.3) is 0 Å². The van der Waals surface area contributed by atoms with Gasteiger partial charge in [0.2, 0.25) is 5.78 Å². The standard InChI is InChI=1S/C15H20O3/c1-14(2,3)10-6-8-11(9-7-10)15(4,5)12(16)13(17)18/h6-9H,1-5H3,(H,17,18). The second kappa shape index (κ2) is 4.56. The Kier molecular flexibility index (Phi) is 3.65. The minimum absolute atomic E-state index is 0.0412. The maximum Gasteiger partial charge on any atom is 0.373 e. The molecule has 1 N–H and O–H groups in total. The maximum absolute atomic E-state index is 11.6. The van der Waals surface area contributed by atoms with Gasteiger partial charge in [0.25, 0.3) is 0 Å². The van der Waals surface area contributed by atoms with E-state index in [9.17, 15) is 9.59 Å². The Morgan fingerprint density at radius 3 is 1.61 bits per heavy atom. The average Bonchev–Trinajstić information content (AvgIpc) is 2.26. The number of ketones is 1. The first-order valence-electron chi connectivity index (χ1n) is 5.95. The summed E-state index contributed by atoms with van der Waals surface area (Å²) in [6.45, 7) is 9.59. The third-order valence-electron chi connectivity index (χ3n) is 3.23. The molecule has 0 saturated heterocycles.